The first-order chi connectivity index (χ1) is 14.5. The summed E-state index contributed by atoms with van der Waals surface area (Å²) < 4.78 is 5.39. The number of methoxy groups -OCH3 is 1. The average Bonchev–Trinajstić information content (AvgIpc) is 2.77. The van der Waals surface area contributed by atoms with E-state index in [1.807, 2.05) is 6.07 Å². The first-order valence-corrected chi connectivity index (χ1v) is 11.7. The van der Waals surface area contributed by atoms with Crippen LogP contribution in [-0.4, -0.2) is 67.4 Å². The van der Waals surface area contributed by atoms with Crippen molar-refractivity contribution in [2.24, 2.45) is 0 Å². The van der Waals surface area contributed by atoms with Crippen LogP contribution in [0.2, 0.25) is 0 Å². The predicted octanol–water partition coefficient (Wildman–Crippen LogP) is 4.65. The van der Waals surface area contributed by atoms with Crippen molar-refractivity contribution in [1.82, 2.24) is 9.80 Å². The highest BCUT2D eigenvalue weighted by atomic mass is 16.5. The van der Waals surface area contributed by atoms with Crippen LogP contribution in [0.15, 0.2) is 36.4 Å². The Hall–Kier alpha value is -1.62. The van der Waals surface area contributed by atoms with Crippen molar-refractivity contribution in [3.63, 3.8) is 0 Å². The molecule has 1 N–H and O–H groups in total. The van der Waals surface area contributed by atoms with E-state index in [-0.39, 0.29) is 5.92 Å². The number of rotatable bonds is 6. The minimum Gasteiger partial charge on any atom is -0.497 e. The van der Waals surface area contributed by atoms with Gasteiger partial charge in [-0.05, 0) is 81.3 Å². The Balaban J connectivity index is 1.60. The summed E-state index contributed by atoms with van der Waals surface area (Å²) in [6.07, 6.45) is 7.81. The summed E-state index contributed by atoms with van der Waals surface area (Å²) in [5.41, 5.74) is 0.698. The van der Waals surface area contributed by atoms with E-state index in [2.05, 4.69) is 54.2 Å². The Labute approximate surface area is 181 Å². The summed E-state index contributed by atoms with van der Waals surface area (Å²) in [4.78, 5) is 4.95. The summed E-state index contributed by atoms with van der Waals surface area (Å²) >= 11 is 0. The Bertz CT molecular complexity index is 836. The van der Waals surface area contributed by atoms with E-state index < -0.39 is 5.60 Å². The number of nitrogens with zero attached hydrogens (tertiary/aromatic N) is 2. The molecule has 1 atom stereocenters. The normalized spacial score (nSPS) is 21.8. The van der Waals surface area contributed by atoms with Crippen LogP contribution in [-0.2, 0) is 0 Å². The highest BCUT2D eigenvalue weighted by Gasteiger charge is 2.40. The van der Waals surface area contributed by atoms with Crippen LogP contribution in [0, 0.1) is 0 Å². The number of hydrogen-bond donors (Lipinski definition) is 1. The average molecular weight is 411 g/mol. The quantitative estimate of drug-likeness (QED) is 0.752. The number of fused-ring (bicyclic) bond motifs is 1. The third-order valence-electron chi connectivity index (χ3n) is 7.57. The highest BCUT2D eigenvalue weighted by molar-refractivity contribution is 5.84. The van der Waals surface area contributed by atoms with Crippen molar-refractivity contribution in [1.29, 1.82) is 0 Å². The molecule has 164 valence electrons. The SMILES string of the molecule is COc1ccc2cc(C(CN3CCC(N(C)C)CC3)C3(O)CCCCC3)ccc2c1. The van der Waals surface area contributed by atoms with Crippen LogP contribution < -0.4 is 4.74 Å². The van der Waals surface area contributed by atoms with Gasteiger partial charge in [-0.2, -0.15) is 0 Å². The van der Waals surface area contributed by atoms with E-state index in [1.165, 1.54) is 35.6 Å². The van der Waals surface area contributed by atoms with E-state index in [0.717, 1.165) is 51.1 Å². The molecule has 2 aromatic rings. The molecule has 0 aromatic heterocycles. The Morgan fingerprint density at radius 3 is 2.37 bits per heavy atom. The lowest BCUT2D eigenvalue weighted by molar-refractivity contribution is -0.0335. The molecule has 0 bridgehead atoms. The van der Waals surface area contributed by atoms with Crippen molar-refractivity contribution in [3.8, 4) is 5.75 Å². The molecule has 2 aromatic carbocycles. The van der Waals surface area contributed by atoms with Gasteiger partial charge in [0.1, 0.15) is 5.75 Å². The van der Waals surface area contributed by atoms with Gasteiger partial charge in [-0.1, -0.05) is 43.5 Å². The number of aliphatic hydroxyl groups is 1. The zero-order chi connectivity index (χ0) is 21.1. The second-order valence-corrected chi connectivity index (χ2v) is 9.68. The second-order valence-electron chi connectivity index (χ2n) is 9.68. The number of piperidine rings is 1. The summed E-state index contributed by atoms with van der Waals surface area (Å²) in [6.45, 7) is 3.21. The van der Waals surface area contributed by atoms with Crippen LogP contribution in [0.25, 0.3) is 10.8 Å². The lowest BCUT2D eigenvalue weighted by Gasteiger charge is -2.43. The number of ether oxygens (including phenoxy) is 1. The summed E-state index contributed by atoms with van der Waals surface area (Å²) in [7, 11) is 6.10. The molecule has 0 amide bonds. The molecule has 1 heterocycles. The van der Waals surface area contributed by atoms with E-state index in [4.69, 9.17) is 4.74 Å². The standard InChI is InChI=1S/C26H38N2O2/c1-27(2)23-11-15-28(16-12-23)19-25(26(29)13-5-4-6-14-26)22-8-7-21-18-24(30-3)10-9-20(21)17-22/h7-10,17-18,23,25,29H,4-6,11-16,19H2,1-3H3. The molecule has 4 nitrogen and oxygen atoms in total. The molecule has 2 fully saturated rings. The molecular formula is C26H38N2O2. The monoisotopic (exact) mass is 410 g/mol. The third kappa shape index (κ3) is 4.66. The topological polar surface area (TPSA) is 35.9 Å². The number of benzene rings is 2. The first-order valence-electron chi connectivity index (χ1n) is 11.7. The second kappa shape index (κ2) is 9.25. The van der Waals surface area contributed by atoms with Crippen molar-refractivity contribution >= 4 is 10.8 Å². The van der Waals surface area contributed by atoms with Crippen molar-refractivity contribution in [3.05, 3.63) is 42.0 Å². The maximum Gasteiger partial charge on any atom is 0.119 e. The molecule has 0 spiro atoms. The molecular weight excluding hydrogens is 372 g/mol. The molecule has 1 saturated heterocycles. The minimum absolute atomic E-state index is 0.167. The molecule has 2 aliphatic rings. The van der Waals surface area contributed by atoms with E-state index in [0.29, 0.717) is 6.04 Å². The van der Waals surface area contributed by atoms with Gasteiger partial charge in [0, 0.05) is 18.5 Å². The van der Waals surface area contributed by atoms with Gasteiger partial charge in [0.05, 0.1) is 12.7 Å². The van der Waals surface area contributed by atoms with Crippen molar-refractivity contribution < 1.29 is 9.84 Å². The van der Waals surface area contributed by atoms with E-state index in [1.54, 1.807) is 7.11 Å². The Morgan fingerprint density at radius 2 is 1.70 bits per heavy atom. The molecule has 4 rings (SSSR count). The molecule has 0 radical (unpaired) electrons. The van der Waals surface area contributed by atoms with Gasteiger partial charge in [0.25, 0.3) is 0 Å². The van der Waals surface area contributed by atoms with E-state index in [9.17, 15) is 5.11 Å². The van der Waals surface area contributed by atoms with Gasteiger partial charge in [-0.3, -0.25) is 0 Å². The van der Waals surface area contributed by atoms with Crippen LogP contribution in [0.1, 0.15) is 56.4 Å². The van der Waals surface area contributed by atoms with Gasteiger partial charge < -0.3 is 19.6 Å². The fourth-order valence-corrected chi connectivity index (χ4v) is 5.56. The zero-order valence-electron chi connectivity index (χ0n) is 18.9. The zero-order valence-corrected chi connectivity index (χ0v) is 18.9. The summed E-state index contributed by atoms with van der Waals surface area (Å²) in [5.74, 6) is 1.06. The van der Waals surface area contributed by atoms with Crippen LogP contribution >= 0.6 is 0 Å². The van der Waals surface area contributed by atoms with Gasteiger partial charge in [0.2, 0.25) is 0 Å². The maximum absolute atomic E-state index is 11.8. The van der Waals surface area contributed by atoms with Gasteiger partial charge in [-0.25, -0.2) is 0 Å². The van der Waals surface area contributed by atoms with Gasteiger partial charge in [0.15, 0.2) is 0 Å². The molecule has 1 aliphatic carbocycles. The first kappa shape index (κ1) is 21.6. The predicted molar refractivity (Wildman–Crippen MR) is 124 cm³/mol. The lowest BCUT2D eigenvalue weighted by atomic mass is 9.72. The van der Waals surface area contributed by atoms with Crippen LogP contribution in [0.5, 0.6) is 5.75 Å². The molecule has 1 unspecified atom stereocenters. The van der Waals surface area contributed by atoms with Crippen molar-refractivity contribution in [2.75, 3.05) is 40.8 Å². The van der Waals surface area contributed by atoms with Gasteiger partial charge >= 0.3 is 0 Å². The molecule has 4 heteroatoms. The molecule has 30 heavy (non-hydrogen) atoms. The largest absolute Gasteiger partial charge is 0.497 e. The van der Waals surface area contributed by atoms with Gasteiger partial charge in [-0.15, -0.1) is 0 Å². The Kier molecular flexibility index (Phi) is 6.66. The number of hydrogen-bond acceptors (Lipinski definition) is 4. The Morgan fingerprint density at radius 1 is 1.03 bits per heavy atom. The molecule has 1 saturated carbocycles. The smallest absolute Gasteiger partial charge is 0.119 e. The maximum atomic E-state index is 11.8. The fourth-order valence-electron chi connectivity index (χ4n) is 5.56. The van der Waals surface area contributed by atoms with Crippen molar-refractivity contribution in [2.45, 2.75) is 62.5 Å². The third-order valence-corrected chi connectivity index (χ3v) is 7.57. The highest BCUT2D eigenvalue weighted by Crippen LogP contribution is 2.41. The summed E-state index contributed by atoms with van der Waals surface area (Å²) in [6, 6.07) is 13.7. The van der Waals surface area contributed by atoms with E-state index >= 15 is 0 Å². The lowest BCUT2D eigenvalue weighted by Crippen LogP contribution is -2.48. The fraction of sp³-hybridized carbons (Fsp3) is 0.615. The van der Waals surface area contributed by atoms with Crippen LogP contribution in [0.3, 0.4) is 0 Å². The molecule has 1 aliphatic heterocycles. The minimum atomic E-state index is -0.587. The summed E-state index contributed by atoms with van der Waals surface area (Å²) in [5, 5.41) is 14.2. The number of likely N-dealkylation sites (tertiary alicyclic amines) is 1. The van der Waals surface area contributed by atoms with Crippen LogP contribution in [0.4, 0.5) is 0 Å².